The summed E-state index contributed by atoms with van der Waals surface area (Å²) in [6, 6.07) is 15.6. The molecule has 3 aromatic rings. The fourth-order valence-electron chi connectivity index (χ4n) is 3.70. The molecule has 1 saturated heterocycles. The van der Waals surface area contributed by atoms with Gasteiger partial charge in [-0.25, -0.2) is 0 Å². The second-order valence-corrected chi connectivity index (χ2v) is 6.53. The number of hydrogen-bond acceptors (Lipinski definition) is 4. The summed E-state index contributed by atoms with van der Waals surface area (Å²) < 4.78 is 0. The first-order valence-electron chi connectivity index (χ1n) is 8.52. The van der Waals surface area contributed by atoms with Crippen molar-refractivity contribution < 1.29 is 9.90 Å². The van der Waals surface area contributed by atoms with E-state index in [1.165, 1.54) is 5.56 Å². The summed E-state index contributed by atoms with van der Waals surface area (Å²) >= 11 is 0. The second-order valence-electron chi connectivity index (χ2n) is 6.53. The first kappa shape index (κ1) is 15.8. The van der Waals surface area contributed by atoms with Crippen LogP contribution in [0, 0.1) is 5.92 Å². The molecule has 0 spiro atoms. The summed E-state index contributed by atoms with van der Waals surface area (Å²) in [6.45, 7) is 1.32. The summed E-state index contributed by atoms with van der Waals surface area (Å²) in [4.78, 5) is 14.7. The van der Waals surface area contributed by atoms with Crippen molar-refractivity contribution in [1.82, 2.24) is 20.3 Å². The van der Waals surface area contributed by atoms with Crippen molar-refractivity contribution in [1.29, 1.82) is 0 Å². The molecule has 0 radical (unpaired) electrons. The van der Waals surface area contributed by atoms with E-state index >= 15 is 0 Å². The zero-order chi connectivity index (χ0) is 17.2. The standard InChI is InChI=1S/C19H20N4O2/c24-12-15-11-23(9-8-16(15)13-4-2-1-3-5-13)19(25)14-6-7-17-18(10-14)21-22-20-17/h1-7,10,15-16,24H,8-9,11-12H2,(H,20,21,22)/t15-,16+/m1/s1. The van der Waals surface area contributed by atoms with Crippen LogP contribution >= 0.6 is 0 Å². The molecule has 2 atom stereocenters. The number of hydrogen-bond donors (Lipinski definition) is 2. The number of benzene rings is 2. The van der Waals surface area contributed by atoms with Gasteiger partial charge in [-0.3, -0.25) is 4.79 Å². The van der Waals surface area contributed by atoms with Gasteiger partial charge in [-0.05, 0) is 36.1 Å². The number of piperidine rings is 1. The summed E-state index contributed by atoms with van der Waals surface area (Å²) in [7, 11) is 0. The number of H-pyrrole nitrogens is 1. The Balaban J connectivity index is 1.53. The number of likely N-dealkylation sites (tertiary alicyclic amines) is 1. The lowest BCUT2D eigenvalue weighted by atomic mass is 9.81. The highest BCUT2D eigenvalue weighted by Crippen LogP contribution is 2.33. The third-order valence-electron chi connectivity index (χ3n) is 5.05. The van der Waals surface area contributed by atoms with E-state index in [4.69, 9.17) is 0 Å². The summed E-state index contributed by atoms with van der Waals surface area (Å²) in [5, 5.41) is 20.5. The molecule has 2 N–H and O–H groups in total. The van der Waals surface area contributed by atoms with Crippen molar-refractivity contribution in [2.45, 2.75) is 12.3 Å². The lowest BCUT2D eigenvalue weighted by Crippen LogP contribution is -2.44. The Kier molecular flexibility index (Phi) is 4.19. The number of amides is 1. The Bertz CT molecular complexity index is 877. The van der Waals surface area contributed by atoms with Gasteiger partial charge in [0.25, 0.3) is 5.91 Å². The lowest BCUT2D eigenvalue weighted by molar-refractivity contribution is 0.0578. The van der Waals surface area contributed by atoms with Gasteiger partial charge in [-0.15, -0.1) is 0 Å². The number of fused-ring (bicyclic) bond motifs is 1. The van der Waals surface area contributed by atoms with Crippen molar-refractivity contribution in [3.8, 4) is 0 Å². The monoisotopic (exact) mass is 336 g/mol. The Morgan fingerprint density at radius 2 is 1.96 bits per heavy atom. The van der Waals surface area contributed by atoms with Crippen LogP contribution in [-0.4, -0.2) is 51.0 Å². The van der Waals surface area contributed by atoms with Crippen molar-refractivity contribution >= 4 is 16.9 Å². The summed E-state index contributed by atoms with van der Waals surface area (Å²) in [5.74, 6) is 0.319. The van der Waals surface area contributed by atoms with Gasteiger partial charge in [0.1, 0.15) is 11.0 Å². The predicted octanol–water partition coefficient (Wildman–Crippen LogP) is 2.20. The number of nitrogens with zero attached hydrogens (tertiary/aromatic N) is 3. The van der Waals surface area contributed by atoms with Crippen LogP contribution in [0.15, 0.2) is 48.5 Å². The molecule has 4 rings (SSSR count). The molecular formula is C19H20N4O2. The molecule has 1 aliphatic rings. The van der Waals surface area contributed by atoms with Crippen molar-refractivity contribution in [2.75, 3.05) is 19.7 Å². The van der Waals surface area contributed by atoms with Crippen molar-refractivity contribution in [2.24, 2.45) is 5.92 Å². The van der Waals surface area contributed by atoms with Crippen LogP contribution in [0.3, 0.4) is 0 Å². The Morgan fingerprint density at radius 3 is 2.76 bits per heavy atom. The van der Waals surface area contributed by atoms with Crippen LogP contribution in [0.5, 0.6) is 0 Å². The van der Waals surface area contributed by atoms with Gasteiger partial charge < -0.3 is 10.0 Å². The van der Waals surface area contributed by atoms with Gasteiger partial charge in [-0.1, -0.05) is 30.3 Å². The zero-order valence-corrected chi connectivity index (χ0v) is 13.8. The Morgan fingerprint density at radius 1 is 1.16 bits per heavy atom. The number of aliphatic hydroxyl groups is 1. The maximum Gasteiger partial charge on any atom is 0.253 e. The number of carbonyl (C=O) groups is 1. The largest absolute Gasteiger partial charge is 0.396 e. The number of nitrogens with one attached hydrogen (secondary N) is 1. The van der Waals surface area contributed by atoms with Gasteiger partial charge in [0.2, 0.25) is 0 Å². The highest BCUT2D eigenvalue weighted by molar-refractivity contribution is 5.97. The molecule has 0 unspecified atom stereocenters. The third-order valence-corrected chi connectivity index (χ3v) is 5.05. The van der Waals surface area contributed by atoms with E-state index in [2.05, 4.69) is 27.5 Å². The minimum Gasteiger partial charge on any atom is -0.396 e. The fraction of sp³-hybridized carbons (Fsp3) is 0.316. The highest BCUT2D eigenvalue weighted by atomic mass is 16.3. The van der Waals surface area contributed by atoms with E-state index in [0.717, 1.165) is 11.9 Å². The van der Waals surface area contributed by atoms with Gasteiger partial charge >= 0.3 is 0 Å². The van der Waals surface area contributed by atoms with E-state index in [9.17, 15) is 9.90 Å². The van der Waals surface area contributed by atoms with E-state index in [0.29, 0.717) is 24.2 Å². The van der Waals surface area contributed by atoms with Crippen LogP contribution in [-0.2, 0) is 0 Å². The van der Waals surface area contributed by atoms with Gasteiger partial charge in [-0.2, -0.15) is 15.4 Å². The molecule has 0 saturated carbocycles. The fourth-order valence-corrected chi connectivity index (χ4v) is 3.70. The smallest absolute Gasteiger partial charge is 0.253 e. The van der Waals surface area contributed by atoms with Gasteiger partial charge in [0.05, 0.1) is 0 Å². The molecule has 1 amide bonds. The molecule has 0 aliphatic carbocycles. The van der Waals surface area contributed by atoms with Crippen molar-refractivity contribution in [3.05, 3.63) is 59.7 Å². The molecule has 6 heteroatoms. The first-order chi connectivity index (χ1) is 12.3. The molecule has 6 nitrogen and oxygen atoms in total. The zero-order valence-electron chi connectivity index (χ0n) is 13.8. The molecular weight excluding hydrogens is 316 g/mol. The predicted molar refractivity (Wildman–Crippen MR) is 94.2 cm³/mol. The summed E-state index contributed by atoms with van der Waals surface area (Å²) in [5.41, 5.74) is 3.27. The van der Waals surface area contributed by atoms with E-state index in [1.807, 2.05) is 23.1 Å². The highest BCUT2D eigenvalue weighted by Gasteiger charge is 2.32. The average molecular weight is 336 g/mol. The Hall–Kier alpha value is -2.73. The van der Waals surface area contributed by atoms with E-state index < -0.39 is 0 Å². The molecule has 1 fully saturated rings. The molecule has 128 valence electrons. The minimum absolute atomic E-state index is 0.0186. The molecule has 1 aromatic heterocycles. The van der Waals surface area contributed by atoms with Crippen LogP contribution in [0.1, 0.15) is 28.3 Å². The molecule has 25 heavy (non-hydrogen) atoms. The van der Waals surface area contributed by atoms with Crippen LogP contribution in [0.25, 0.3) is 11.0 Å². The van der Waals surface area contributed by atoms with E-state index in [1.54, 1.807) is 18.2 Å². The molecule has 2 aromatic carbocycles. The van der Waals surface area contributed by atoms with Gasteiger partial charge in [0.15, 0.2) is 0 Å². The molecule has 2 heterocycles. The normalized spacial score (nSPS) is 20.8. The third kappa shape index (κ3) is 3.00. The number of rotatable bonds is 3. The maximum absolute atomic E-state index is 12.9. The Labute approximate surface area is 145 Å². The number of aromatic amines is 1. The number of aliphatic hydroxyl groups excluding tert-OH is 1. The quantitative estimate of drug-likeness (QED) is 0.768. The minimum atomic E-state index is -0.0186. The summed E-state index contributed by atoms with van der Waals surface area (Å²) in [6.07, 6.45) is 0.854. The van der Waals surface area contributed by atoms with Crippen LogP contribution in [0.2, 0.25) is 0 Å². The van der Waals surface area contributed by atoms with Crippen LogP contribution in [0.4, 0.5) is 0 Å². The lowest BCUT2D eigenvalue weighted by Gasteiger charge is -2.38. The maximum atomic E-state index is 12.9. The topological polar surface area (TPSA) is 82.1 Å². The van der Waals surface area contributed by atoms with Crippen LogP contribution < -0.4 is 0 Å². The average Bonchev–Trinajstić information content (AvgIpc) is 3.15. The van der Waals surface area contributed by atoms with Gasteiger partial charge in [0, 0.05) is 31.2 Å². The SMILES string of the molecule is O=C(c1ccc2n[nH]nc2c1)N1CC[C@@H](c2ccccc2)[C@@H](CO)C1. The van der Waals surface area contributed by atoms with E-state index in [-0.39, 0.29) is 24.3 Å². The van der Waals surface area contributed by atoms with Crippen molar-refractivity contribution in [3.63, 3.8) is 0 Å². The molecule has 0 bridgehead atoms. The number of carbonyl (C=O) groups excluding carboxylic acids is 1. The second kappa shape index (κ2) is 6.64. The molecule has 1 aliphatic heterocycles. The first-order valence-corrected chi connectivity index (χ1v) is 8.52. The number of aromatic nitrogens is 3.